The maximum Gasteiger partial charge on any atom is 0.138 e. The Morgan fingerprint density at radius 1 is 0.909 bits per heavy atom. The van der Waals surface area contributed by atoms with Gasteiger partial charge in [-0.25, -0.2) is 0 Å². The summed E-state index contributed by atoms with van der Waals surface area (Å²) in [5.41, 5.74) is 1.03. The van der Waals surface area contributed by atoms with Crippen LogP contribution in [0.4, 0.5) is 0 Å². The standard InChI is InChI=1S/C8H14N2O.C8H13NO.ClH/c11-9-8-3-5-10-4-1-2-7(8)6-10;10-8-3-5-9-4-1-2-7(8)6-9;/h7,11H,1-6H2;7H,1-6H2;1H/b9-8+;;. The molecule has 5 nitrogen and oxygen atoms in total. The summed E-state index contributed by atoms with van der Waals surface area (Å²) >= 11 is 0. The van der Waals surface area contributed by atoms with Crippen LogP contribution in [0.5, 0.6) is 0 Å². The molecule has 0 saturated carbocycles. The topological polar surface area (TPSA) is 56.1 Å². The number of hydrogen-bond acceptors (Lipinski definition) is 5. The number of carbonyl (C=O) groups is 1. The third-order valence-electron chi connectivity index (χ3n) is 5.42. The fourth-order valence-corrected chi connectivity index (χ4v) is 4.13. The summed E-state index contributed by atoms with van der Waals surface area (Å²) in [5.74, 6) is 1.47. The van der Waals surface area contributed by atoms with Crippen molar-refractivity contribution in [3.63, 3.8) is 0 Å². The molecule has 0 aromatic rings. The summed E-state index contributed by atoms with van der Waals surface area (Å²) in [7, 11) is 0. The molecule has 0 radical (unpaired) electrons. The number of fused-ring (bicyclic) bond motifs is 4. The predicted molar refractivity (Wildman–Crippen MR) is 89.0 cm³/mol. The second-order valence-electron chi connectivity index (χ2n) is 6.84. The predicted octanol–water partition coefficient (Wildman–Crippen LogP) is 2.03. The van der Waals surface area contributed by atoms with Gasteiger partial charge in [0.2, 0.25) is 0 Å². The molecule has 4 bridgehead atoms. The van der Waals surface area contributed by atoms with Gasteiger partial charge in [-0.05, 0) is 38.8 Å². The van der Waals surface area contributed by atoms with Crippen molar-refractivity contribution in [2.45, 2.75) is 38.5 Å². The zero-order valence-electron chi connectivity index (χ0n) is 13.2. The first-order valence-corrected chi connectivity index (χ1v) is 8.44. The average Bonchev–Trinajstić information content (AvgIpc) is 2.53. The number of oxime groups is 1. The number of rotatable bonds is 0. The monoisotopic (exact) mass is 329 g/mol. The van der Waals surface area contributed by atoms with Gasteiger partial charge in [-0.15, -0.1) is 12.4 Å². The van der Waals surface area contributed by atoms with E-state index in [9.17, 15) is 4.79 Å². The van der Waals surface area contributed by atoms with Crippen LogP contribution in [0.3, 0.4) is 0 Å². The third kappa shape index (κ3) is 4.21. The van der Waals surface area contributed by atoms with Gasteiger partial charge in [0, 0.05) is 50.9 Å². The lowest BCUT2D eigenvalue weighted by Crippen LogP contribution is -2.44. The van der Waals surface area contributed by atoms with E-state index in [0.29, 0.717) is 17.6 Å². The number of piperidine rings is 4. The number of ketones is 1. The molecule has 22 heavy (non-hydrogen) atoms. The first-order chi connectivity index (χ1) is 10.3. The second-order valence-corrected chi connectivity index (χ2v) is 6.84. The highest BCUT2D eigenvalue weighted by atomic mass is 35.5. The summed E-state index contributed by atoms with van der Waals surface area (Å²) in [5, 5.41) is 12.0. The van der Waals surface area contributed by atoms with Gasteiger partial charge in [-0.1, -0.05) is 5.16 Å². The molecule has 0 aromatic heterocycles. The highest BCUT2D eigenvalue weighted by Crippen LogP contribution is 2.24. The van der Waals surface area contributed by atoms with Crippen molar-refractivity contribution in [2.24, 2.45) is 17.0 Å². The zero-order valence-corrected chi connectivity index (χ0v) is 14.1. The van der Waals surface area contributed by atoms with Crippen LogP contribution >= 0.6 is 12.4 Å². The van der Waals surface area contributed by atoms with Crippen LogP contribution in [-0.2, 0) is 4.79 Å². The van der Waals surface area contributed by atoms with Crippen LogP contribution < -0.4 is 0 Å². The van der Waals surface area contributed by atoms with E-state index in [1.165, 1.54) is 32.4 Å². The van der Waals surface area contributed by atoms with Crippen molar-refractivity contribution in [3.05, 3.63) is 0 Å². The second kappa shape index (κ2) is 8.27. The van der Waals surface area contributed by atoms with Gasteiger partial charge < -0.3 is 15.0 Å². The van der Waals surface area contributed by atoms with Crippen LogP contribution in [0.15, 0.2) is 5.16 Å². The van der Waals surface area contributed by atoms with E-state index in [1.807, 2.05) is 0 Å². The fraction of sp³-hybridized carbons (Fsp3) is 0.875. The number of halogens is 1. The molecule has 4 aliphatic rings. The summed E-state index contributed by atoms with van der Waals surface area (Å²) in [4.78, 5) is 16.1. The molecular formula is C16H28ClN3O2. The first-order valence-electron chi connectivity index (χ1n) is 8.44. The Bertz CT molecular complexity index is 416. The normalized spacial score (nSPS) is 38.5. The molecule has 4 rings (SSSR count). The zero-order chi connectivity index (χ0) is 14.7. The summed E-state index contributed by atoms with van der Waals surface area (Å²) in [6, 6.07) is 0. The molecule has 0 aromatic carbocycles. The number of Topliss-reactive ketones (excluding diaryl/α,β-unsaturated/α-hetero) is 1. The summed E-state index contributed by atoms with van der Waals surface area (Å²) < 4.78 is 0. The van der Waals surface area contributed by atoms with Crippen molar-refractivity contribution in [1.82, 2.24) is 9.80 Å². The lowest BCUT2D eigenvalue weighted by Gasteiger charge is -2.37. The smallest absolute Gasteiger partial charge is 0.138 e. The molecule has 0 aliphatic carbocycles. The largest absolute Gasteiger partial charge is 0.411 e. The summed E-state index contributed by atoms with van der Waals surface area (Å²) in [6.45, 7) is 6.77. The van der Waals surface area contributed by atoms with Crippen molar-refractivity contribution in [1.29, 1.82) is 0 Å². The molecule has 0 spiro atoms. The Kier molecular flexibility index (Phi) is 6.66. The number of carbonyl (C=O) groups excluding carboxylic acids is 1. The Balaban J connectivity index is 0.000000154. The van der Waals surface area contributed by atoms with E-state index in [2.05, 4.69) is 15.0 Å². The minimum atomic E-state index is 0. The van der Waals surface area contributed by atoms with Gasteiger partial charge in [-0.2, -0.15) is 0 Å². The van der Waals surface area contributed by atoms with E-state index in [-0.39, 0.29) is 12.4 Å². The molecular weight excluding hydrogens is 302 g/mol. The third-order valence-corrected chi connectivity index (χ3v) is 5.42. The highest BCUT2D eigenvalue weighted by molar-refractivity contribution is 5.87. The van der Waals surface area contributed by atoms with E-state index < -0.39 is 0 Å². The Morgan fingerprint density at radius 2 is 1.50 bits per heavy atom. The number of nitrogens with zero attached hydrogens (tertiary/aromatic N) is 3. The molecule has 4 fully saturated rings. The van der Waals surface area contributed by atoms with Crippen LogP contribution in [0.25, 0.3) is 0 Å². The lowest BCUT2D eigenvalue weighted by molar-refractivity contribution is -0.127. The van der Waals surface area contributed by atoms with Gasteiger partial charge in [0.1, 0.15) is 5.78 Å². The molecule has 6 heteroatoms. The van der Waals surface area contributed by atoms with Crippen LogP contribution in [0.1, 0.15) is 38.5 Å². The van der Waals surface area contributed by atoms with E-state index in [1.54, 1.807) is 0 Å². The van der Waals surface area contributed by atoms with Crippen molar-refractivity contribution in [3.8, 4) is 0 Å². The molecule has 126 valence electrons. The van der Waals surface area contributed by atoms with E-state index in [0.717, 1.165) is 51.2 Å². The van der Waals surface area contributed by atoms with Gasteiger partial charge in [0.15, 0.2) is 0 Å². The lowest BCUT2D eigenvalue weighted by atomic mass is 9.88. The summed E-state index contributed by atoms with van der Waals surface area (Å²) in [6.07, 6.45) is 6.65. The average molecular weight is 330 g/mol. The minimum absolute atomic E-state index is 0. The Labute approximate surface area is 139 Å². The molecule has 4 heterocycles. The Hall–Kier alpha value is -0.650. The van der Waals surface area contributed by atoms with Crippen LogP contribution in [-0.4, -0.2) is 65.8 Å². The fourth-order valence-electron chi connectivity index (χ4n) is 4.13. The maximum absolute atomic E-state index is 11.2. The van der Waals surface area contributed by atoms with Gasteiger partial charge in [-0.3, -0.25) is 4.79 Å². The molecule has 4 aliphatic heterocycles. The van der Waals surface area contributed by atoms with Crippen molar-refractivity contribution >= 4 is 23.9 Å². The van der Waals surface area contributed by atoms with Crippen LogP contribution in [0, 0.1) is 11.8 Å². The van der Waals surface area contributed by atoms with Gasteiger partial charge in [0.25, 0.3) is 0 Å². The van der Waals surface area contributed by atoms with Crippen molar-refractivity contribution in [2.75, 3.05) is 39.3 Å². The first kappa shape index (κ1) is 17.7. The highest BCUT2D eigenvalue weighted by Gasteiger charge is 2.30. The molecule has 0 amide bonds. The van der Waals surface area contributed by atoms with Crippen LogP contribution in [0.2, 0.25) is 0 Å². The Morgan fingerprint density at radius 3 is 2.14 bits per heavy atom. The molecule has 4 saturated heterocycles. The maximum atomic E-state index is 11.2. The molecule has 1 N–H and O–H groups in total. The molecule has 4 atom stereocenters. The van der Waals surface area contributed by atoms with E-state index >= 15 is 0 Å². The quantitative estimate of drug-likeness (QED) is 0.546. The van der Waals surface area contributed by atoms with Gasteiger partial charge >= 0.3 is 0 Å². The molecule has 4 unspecified atom stereocenters. The SMILES string of the molecule is Cl.O/N=C1\CCN2CCCC1C2.O=C1CCN2CCCC1C2. The number of hydrogen-bond donors (Lipinski definition) is 1. The van der Waals surface area contributed by atoms with Gasteiger partial charge in [0.05, 0.1) is 5.71 Å². The minimum Gasteiger partial charge on any atom is -0.411 e. The van der Waals surface area contributed by atoms with Crippen molar-refractivity contribution < 1.29 is 10.0 Å². The van der Waals surface area contributed by atoms with E-state index in [4.69, 9.17) is 5.21 Å².